The third kappa shape index (κ3) is 5.15. The highest BCUT2D eigenvalue weighted by Crippen LogP contribution is 2.27. The van der Waals surface area contributed by atoms with Gasteiger partial charge in [0.15, 0.2) is 0 Å². The molecule has 2 aromatic rings. The molecule has 126 valence electrons. The molecule has 0 aromatic heterocycles. The summed E-state index contributed by atoms with van der Waals surface area (Å²) in [5.74, 6) is -0.856. The van der Waals surface area contributed by atoms with Gasteiger partial charge in [0.1, 0.15) is 5.70 Å². The third-order valence-corrected chi connectivity index (χ3v) is 3.23. The van der Waals surface area contributed by atoms with Crippen molar-refractivity contribution in [2.45, 2.75) is 20.0 Å². The summed E-state index contributed by atoms with van der Waals surface area (Å²) in [6, 6.07) is 13.2. The van der Waals surface area contributed by atoms with Crippen molar-refractivity contribution in [3.8, 4) is 0 Å². The first-order valence-electron chi connectivity index (χ1n) is 7.24. The van der Waals surface area contributed by atoms with Crippen molar-refractivity contribution >= 4 is 17.3 Å². The highest BCUT2D eigenvalue weighted by atomic mass is 19.4. The molecule has 1 amide bonds. The van der Waals surface area contributed by atoms with E-state index in [-0.39, 0.29) is 5.69 Å². The number of rotatable bonds is 4. The fraction of sp³-hybridized carbons (Fsp3) is 0.167. The molecule has 0 atom stereocenters. The van der Waals surface area contributed by atoms with Crippen LogP contribution in [0, 0.1) is 13.8 Å². The van der Waals surface area contributed by atoms with Gasteiger partial charge in [-0.15, -0.1) is 0 Å². The van der Waals surface area contributed by atoms with E-state index in [1.54, 1.807) is 36.4 Å². The minimum absolute atomic E-state index is 0.257. The Kier molecular flexibility index (Phi) is 5.28. The quantitative estimate of drug-likeness (QED) is 0.789. The second kappa shape index (κ2) is 7.21. The maximum Gasteiger partial charge on any atom is 0.431 e. The Hall–Kier alpha value is -2.76. The first-order chi connectivity index (χ1) is 11.2. The molecule has 2 aromatic carbocycles. The van der Waals surface area contributed by atoms with E-state index in [0.29, 0.717) is 11.8 Å². The molecule has 24 heavy (non-hydrogen) atoms. The minimum Gasteiger partial charge on any atom is -0.351 e. The number of benzene rings is 2. The van der Waals surface area contributed by atoms with Crippen LogP contribution >= 0.6 is 0 Å². The Morgan fingerprint density at radius 3 is 1.67 bits per heavy atom. The summed E-state index contributed by atoms with van der Waals surface area (Å²) in [6.45, 7) is 3.71. The normalized spacial score (nSPS) is 12.0. The van der Waals surface area contributed by atoms with E-state index in [0.717, 1.165) is 11.1 Å². The van der Waals surface area contributed by atoms with Crippen LogP contribution in [0.4, 0.5) is 24.5 Å². The molecule has 2 rings (SSSR count). The number of aryl methyl sites for hydroxylation is 2. The van der Waals surface area contributed by atoms with E-state index in [4.69, 9.17) is 0 Å². The molecule has 0 saturated heterocycles. The lowest BCUT2D eigenvalue weighted by Crippen LogP contribution is -2.22. The summed E-state index contributed by atoms with van der Waals surface area (Å²) in [4.78, 5) is 11.9. The topological polar surface area (TPSA) is 41.1 Å². The van der Waals surface area contributed by atoms with E-state index in [1.165, 1.54) is 12.1 Å². The van der Waals surface area contributed by atoms with Crippen LogP contribution in [0.5, 0.6) is 0 Å². The fourth-order valence-corrected chi connectivity index (χ4v) is 1.93. The Morgan fingerprint density at radius 2 is 1.25 bits per heavy atom. The van der Waals surface area contributed by atoms with Crippen LogP contribution < -0.4 is 10.6 Å². The minimum atomic E-state index is -4.67. The number of carbonyl (C=O) groups is 1. The van der Waals surface area contributed by atoms with Crippen LogP contribution in [-0.4, -0.2) is 12.1 Å². The summed E-state index contributed by atoms with van der Waals surface area (Å²) in [7, 11) is 0. The molecule has 0 radical (unpaired) electrons. The number of allylic oxidation sites excluding steroid dienone is 1. The summed E-state index contributed by atoms with van der Waals surface area (Å²) >= 11 is 0. The Bertz CT molecular complexity index is 732. The van der Waals surface area contributed by atoms with Crippen molar-refractivity contribution in [1.82, 2.24) is 0 Å². The van der Waals surface area contributed by atoms with Crippen LogP contribution in [0.3, 0.4) is 0 Å². The molecule has 0 fully saturated rings. The van der Waals surface area contributed by atoms with Crippen molar-refractivity contribution < 1.29 is 18.0 Å². The van der Waals surface area contributed by atoms with E-state index >= 15 is 0 Å². The monoisotopic (exact) mass is 334 g/mol. The molecule has 0 aliphatic heterocycles. The molecule has 0 aliphatic carbocycles. The largest absolute Gasteiger partial charge is 0.431 e. The van der Waals surface area contributed by atoms with Gasteiger partial charge >= 0.3 is 6.18 Å². The number of hydrogen-bond donors (Lipinski definition) is 2. The predicted molar refractivity (Wildman–Crippen MR) is 88.7 cm³/mol. The van der Waals surface area contributed by atoms with Crippen LogP contribution in [0.1, 0.15) is 11.1 Å². The van der Waals surface area contributed by atoms with E-state index < -0.39 is 17.8 Å². The Balaban J connectivity index is 2.17. The average molecular weight is 334 g/mol. The first-order valence-corrected chi connectivity index (χ1v) is 7.24. The standard InChI is InChI=1S/C18H17F3N2O/c1-12-3-7-14(8-4-12)22-16(18(19,20)21)11-17(24)23-15-9-5-13(2)6-10-15/h3-11,22H,1-2H3,(H,23,24)/b16-11-. The molecule has 0 unspecified atom stereocenters. The smallest absolute Gasteiger partial charge is 0.351 e. The maximum atomic E-state index is 13.1. The van der Waals surface area contributed by atoms with Crippen molar-refractivity contribution in [1.29, 1.82) is 0 Å². The SMILES string of the molecule is Cc1ccc(NC(=O)/C=C(\Nc2ccc(C)cc2)C(F)(F)F)cc1. The second-order valence-corrected chi connectivity index (χ2v) is 5.40. The number of hydrogen-bond acceptors (Lipinski definition) is 2. The predicted octanol–water partition coefficient (Wildman–Crippen LogP) is 4.80. The maximum absolute atomic E-state index is 13.1. The molecule has 3 nitrogen and oxygen atoms in total. The second-order valence-electron chi connectivity index (χ2n) is 5.40. The van der Waals surface area contributed by atoms with Crippen LogP contribution in [0.2, 0.25) is 0 Å². The Labute approximate surface area is 138 Å². The summed E-state index contributed by atoms with van der Waals surface area (Å²) < 4.78 is 39.4. The summed E-state index contributed by atoms with van der Waals surface area (Å²) in [6.07, 6.45) is -4.16. The number of halogens is 3. The van der Waals surface area contributed by atoms with Gasteiger partial charge in [-0.25, -0.2) is 0 Å². The first kappa shape index (κ1) is 17.6. The van der Waals surface area contributed by atoms with Crippen molar-refractivity contribution in [2.75, 3.05) is 10.6 Å². The van der Waals surface area contributed by atoms with Crippen molar-refractivity contribution in [2.24, 2.45) is 0 Å². The number of amides is 1. The third-order valence-electron chi connectivity index (χ3n) is 3.23. The lowest BCUT2D eigenvalue weighted by atomic mass is 10.2. The number of nitrogens with one attached hydrogen (secondary N) is 2. The zero-order valence-electron chi connectivity index (χ0n) is 13.2. The van der Waals surface area contributed by atoms with Gasteiger partial charge in [0.2, 0.25) is 5.91 Å². The molecule has 6 heteroatoms. The van der Waals surface area contributed by atoms with Gasteiger partial charge in [-0.2, -0.15) is 13.2 Å². The summed E-state index contributed by atoms with van der Waals surface area (Å²) in [5.41, 5.74) is 1.47. The highest BCUT2D eigenvalue weighted by molar-refractivity contribution is 6.00. The summed E-state index contributed by atoms with van der Waals surface area (Å²) in [5, 5.41) is 4.66. The number of alkyl halides is 3. The zero-order valence-corrected chi connectivity index (χ0v) is 13.2. The molecule has 0 heterocycles. The highest BCUT2D eigenvalue weighted by Gasteiger charge is 2.34. The van der Waals surface area contributed by atoms with Gasteiger partial charge in [-0.05, 0) is 38.1 Å². The van der Waals surface area contributed by atoms with Gasteiger partial charge < -0.3 is 10.6 Å². The van der Waals surface area contributed by atoms with Crippen molar-refractivity contribution in [3.63, 3.8) is 0 Å². The van der Waals surface area contributed by atoms with Gasteiger partial charge in [0.05, 0.1) is 0 Å². The Morgan fingerprint density at radius 1 is 0.833 bits per heavy atom. The zero-order chi connectivity index (χ0) is 17.7. The van der Waals surface area contributed by atoms with Crippen molar-refractivity contribution in [3.05, 3.63) is 71.4 Å². The van der Waals surface area contributed by atoms with Gasteiger partial charge in [0.25, 0.3) is 0 Å². The van der Waals surface area contributed by atoms with Crippen LogP contribution in [-0.2, 0) is 4.79 Å². The van der Waals surface area contributed by atoms with E-state index in [9.17, 15) is 18.0 Å². The number of anilines is 2. The average Bonchev–Trinajstić information content (AvgIpc) is 2.50. The van der Waals surface area contributed by atoms with E-state index in [2.05, 4.69) is 10.6 Å². The molecule has 0 aliphatic rings. The molecule has 2 N–H and O–H groups in total. The molecular weight excluding hydrogens is 317 g/mol. The van der Waals surface area contributed by atoms with Gasteiger partial charge in [-0.3, -0.25) is 4.79 Å². The molecule has 0 bridgehead atoms. The lowest BCUT2D eigenvalue weighted by Gasteiger charge is -2.14. The molecular formula is C18H17F3N2O. The van der Waals surface area contributed by atoms with Crippen LogP contribution in [0.25, 0.3) is 0 Å². The molecule has 0 spiro atoms. The van der Waals surface area contributed by atoms with Gasteiger partial charge in [0, 0.05) is 17.5 Å². The van der Waals surface area contributed by atoms with E-state index in [1.807, 2.05) is 13.8 Å². The fourth-order valence-electron chi connectivity index (χ4n) is 1.93. The number of carbonyl (C=O) groups excluding carboxylic acids is 1. The molecule has 0 saturated carbocycles. The lowest BCUT2D eigenvalue weighted by molar-refractivity contribution is -0.113. The van der Waals surface area contributed by atoms with Crippen LogP contribution in [0.15, 0.2) is 60.3 Å². The van der Waals surface area contributed by atoms with Gasteiger partial charge in [-0.1, -0.05) is 35.4 Å².